The molecule has 0 spiro atoms. The molecule has 3 aromatic rings. The van der Waals surface area contributed by atoms with Crippen molar-refractivity contribution in [1.29, 1.82) is 0 Å². The van der Waals surface area contributed by atoms with Gasteiger partial charge in [-0.25, -0.2) is 0 Å². The molecule has 0 aliphatic heterocycles. The molecule has 3 rings (SSSR count). The molecule has 2 aromatic carbocycles. The number of anilines is 4. The van der Waals surface area contributed by atoms with Gasteiger partial charge in [0.2, 0.25) is 5.91 Å². The van der Waals surface area contributed by atoms with Crippen molar-refractivity contribution in [1.82, 2.24) is 4.98 Å². The normalized spacial score (nSPS) is 10.1. The van der Waals surface area contributed by atoms with Gasteiger partial charge >= 0.3 is 0 Å². The summed E-state index contributed by atoms with van der Waals surface area (Å²) in [6.07, 6.45) is 1.57. The van der Waals surface area contributed by atoms with E-state index in [1.165, 1.54) is 6.92 Å². The van der Waals surface area contributed by atoms with Crippen LogP contribution in [0.15, 0.2) is 66.9 Å². The second-order valence-electron chi connectivity index (χ2n) is 6.20. The zero-order valence-electron chi connectivity index (χ0n) is 16.2. The van der Waals surface area contributed by atoms with Crippen LogP contribution in [0.5, 0.6) is 5.75 Å². The van der Waals surface area contributed by atoms with Crippen LogP contribution in [0.25, 0.3) is 0 Å². The number of hydrogen-bond acceptors (Lipinski definition) is 5. The Balaban J connectivity index is 1.70. The molecule has 3 N–H and O–H groups in total. The number of ether oxygens (including phenoxy) is 1. The van der Waals surface area contributed by atoms with Crippen molar-refractivity contribution in [3.05, 3.63) is 72.6 Å². The molecule has 0 saturated carbocycles. The van der Waals surface area contributed by atoms with Crippen molar-refractivity contribution in [2.24, 2.45) is 0 Å². The average Bonchev–Trinajstić information content (AvgIpc) is 2.71. The van der Waals surface area contributed by atoms with Gasteiger partial charge in [0.05, 0.1) is 12.3 Å². The van der Waals surface area contributed by atoms with E-state index in [9.17, 15) is 9.59 Å². The van der Waals surface area contributed by atoms with Gasteiger partial charge in [0.15, 0.2) is 0 Å². The predicted molar refractivity (Wildman–Crippen MR) is 114 cm³/mol. The number of carbonyl (C=O) groups excluding carboxylic acids is 2. The molecule has 2 amide bonds. The number of para-hydroxylation sites is 2. The first-order valence-corrected chi connectivity index (χ1v) is 9.19. The first-order valence-electron chi connectivity index (χ1n) is 9.19. The molecule has 1 heterocycles. The van der Waals surface area contributed by atoms with Gasteiger partial charge in [-0.15, -0.1) is 0 Å². The summed E-state index contributed by atoms with van der Waals surface area (Å²) in [5.41, 5.74) is 3.11. The maximum absolute atomic E-state index is 12.6. The van der Waals surface area contributed by atoms with Crippen molar-refractivity contribution in [3.63, 3.8) is 0 Å². The summed E-state index contributed by atoms with van der Waals surface area (Å²) in [7, 11) is 0. The van der Waals surface area contributed by atoms with Crippen LogP contribution < -0.4 is 20.7 Å². The Morgan fingerprint density at radius 2 is 1.66 bits per heavy atom. The van der Waals surface area contributed by atoms with E-state index in [0.717, 1.165) is 11.4 Å². The summed E-state index contributed by atoms with van der Waals surface area (Å²) in [4.78, 5) is 27.9. The van der Waals surface area contributed by atoms with E-state index in [0.29, 0.717) is 23.7 Å². The van der Waals surface area contributed by atoms with Crippen molar-refractivity contribution in [2.45, 2.75) is 13.8 Å². The number of nitrogens with zero attached hydrogens (tertiary/aromatic N) is 1. The topological polar surface area (TPSA) is 92.4 Å². The Morgan fingerprint density at radius 1 is 0.931 bits per heavy atom. The molecule has 0 aliphatic carbocycles. The molecule has 1 aromatic heterocycles. The molecule has 0 saturated heterocycles. The molecule has 0 unspecified atom stereocenters. The molecule has 0 aliphatic rings. The van der Waals surface area contributed by atoms with Gasteiger partial charge in [-0.1, -0.05) is 12.1 Å². The number of rotatable bonds is 7. The van der Waals surface area contributed by atoms with Crippen LogP contribution in [0.1, 0.15) is 24.3 Å². The molecule has 0 fully saturated rings. The Kier molecular flexibility index (Phi) is 6.42. The third kappa shape index (κ3) is 5.55. The fraction of sp³-hybridized carbons (Fsp3) is 0.136. The Morgan fingerprint density at radius 3 is 2.38 bits per heavy atom. The first kappa shape index (κ1) is 19.9. The van der Waals surface area contributed by atoms with Gasteiger partial charge < -0.3 is 20.7 Å². The summed E-state index contributed by atoms with van der Waals surface area (Å²) >= 11 is 0. The highest BCUT2D eigenvalue weighted by Crippen LogP contribution is 2.25. The number of pyridine rings is 1. The van der Waals surface area contributed by atoms with Gasteiger partial charge in [-0.05, 0) is 55.5 Å². The van der Waals surface area contributed by atoms with E-state index < -0.39 is 0 Å². The SMILES string of the molecule is CCOc1ccccc1NC(=O)c1cc(Nc2ccc(NC(C)=O)cc2)ccn1. The standard InChI is InChI=1S/C22H22N4O3/c1-3-29-21-7-5-4-6-19(21)26-22(28)20-14-18(12-13-23-20)25-17-10-8-16(9-11-17)24-15(2)27/h4-14H,3H2,1-2H3,(H,23,25)(H,24,27)(H,26,28). The van der Waals surface area contributed by atoms with Crippen molar-refractivity contribution in [2.75, 3.05) is 22.6 Å². The van der Waals surface area contributed by atoms with Gasteiger partial charge in [-0.3, -0.25) is 14.6 Å². The van der Waals surface area contributed by atoms with Gasteiger partial charge in [-0.2, -0.15) is 0 Å². The number of benzene rings is 2. The number of nitrogens with one attached hydrogen (secondary N) is 3. The lowest BCUT2D eigenvalue weighted by molar-refractivity contribution is -0.114. The summed E-state index contributed by atoms with van der Waals surface area (Å²) in [5.74, 6) is 0.153. The van der Waals surface area contributed by atoms with Crippen LogP contribution in [0.4, 0.5) is 22.7 Å². The fourth-order valence-corrected chi connectivity index (χ4v) is 2.68. The Hall–Kier alpha value is -3.87. The molecule has 0 atom stereocenters. The van der Waals surface area contributed by atoms with Crippen LogP contribution >= 0.6 is 0 Å². The highest BCUT2D eigenvalue weighted by molar-refractivity contribution is 6.04. The molecule has 7 heteroatoms. The highest BCUT2D eigenvalue weighted by Gasteiger charge is 2.11. The summed E-state index contributed by atoms with van der Waals surface area (Å²) in [5, 5.41) is 8.77. The van der Waals surface area contributed by atoms with Crippen molar-refractivity contribution in [3.8, 4) is 5.75 Å². The largest absolute Gasteiger partial charge is 0.492 e. The summed E-state index contributed by atoms with van der Waals surface area (Å²) in [6, 6.07) is 18.0. The lowest BCUT2D eigenvalue weighted by atomic mass is 10.2. The van der Waals surface area contributed by atoms with Crippen LogP contribution in [-0.2, 0) is 4.79 Å². The molecule has 29 heavy (non-hydrogen) atoms. The van der Waals surface area contributed by atoms with E-state index in [1.54, 1.807) is 42.6 Å². The summed E-state index contributed by atoms with van der Waals surface area (Å²) < 4.78 is 5.54. The smallest absolute Gasteiger partial charge is 0.274 e. The van der Waals surface area contributed by atoms with Crippen LogP contribution in [0.3, 0.4) is 0 Å². The minimum atomic E-state index is -0.332. The lowest BCUT2D eigenvalue weighted by Crippen LogP contribution is -2.14. The van der Waals surface area contributed by atoms with E-state index in [4.69, 9.17) is 4.74 Å². The van der Waals surface area contributed by atoms with E-state index in [1.807, 2.05) is 31.2 Å². The zero-order valence-corrected chi connectivity index (χ0v) is 16.2. The monoisotopic (exact) mass is 390 g/mol. The molecule has 0 bridgehead atoms. The molecule has 7 nitrogen and oxygen atoms in total. The van der Waals surface area contributed by atoms with Gasteiger partial charge in [0.25, 0.3) is 5.91 Å². The number of carbonyl (C=O) groups is 2. The third-order valence-electron chi connectivity index (χ3n) is 3.92. The Bertz CT molecular complexity index is 1000. The zero-order chi connectivity index (χ0) is 20.6. The molecule has 0 radical (unpaired) electrons. The highest BCUT2D eigenvalue weighted by atomic mass is 16.5. The number of amides is 2. The van der Waals surface area contributed by atoms with Crippen LogP contribution in [0.2, 0.25) is 0 Å². The van der Waals surface area contributed by atoms with E-state index in [-0.39, 0.29) is 17.5 Å². The van der Waals surface area contributed by atoms with Gasteiger partial charge in [0, 0.05) is 30.2 Å². The fourth-order valence-electron chi connectivity index (χ4n) is 2.68. The molecular formula is C22H22N4O3. The molecule has 148 valence electrons. The second kappa shape index (κ2) is 9.36. The third-order valence-corrected chi connectivity index (χ3v) is 3.92. The maximum Gasteiger partial charge on any atom is 0.274 e. The van der Waals surface area contributed by atoms with E-state index in [2.05, 4.69) is 20.9 Å². The minimum absolute atomic E-state index is 0.124. The maximum atomic E-state index is 12.6. The number of aromatic nitrogens is 1. The van der Waals surface area contributed by atoms with E-state index >= 15 is 0 Å². The average molecular weight is 390 g/mol. The number of hydrogen-bond donors (Lipinski definition) is 3. The van der Waals surface area contributed by atoms with Crippen molar-refractivity contribution >= 4 is 34.6 Å². The minimum Gasteiger partial charge on any atom is -0.492 e. The summed E-state index contributed by atoms with van der Waals surface area (Å²) in [6.45, 7) is 3.85. The second-order valence-corrected chi connectivity index (χ2v) is 6.20. The Labute approximate surface area is 169 Å². The first-order chi connectivity index (χ1) is 14.0. The van der Waals surface area contributed by atoms with Gasteiger partial charge in [0.1, 0.15) is 11.4 Å². The van der Waals surface area contributed by atoms with Crippen molar-refractivity contribution < 1.29 is 14.3 Å². The van der Waals surface area contributed by atoms with Crippen LogP contribution in [-0.4, -0.2) is 23.4 Å². The quantitative estimate of drug-likeness (QED) is 0.555. The molecular weight excluding hydrogens is 368 g/mol. The van der Waals surface area contributed by atoms with Crippen LogP contribution in [0, 0.1) is 0 Å². The lowest BCUT2D eigenvalue weighted by Gasteiger charge is -2.12. The predicted octanol–water partition coefficient (Wildman–Crippen LogP) is 4.43.